The molecule has 10 nitrogen and oxygen atoms in total. The number of primary amides is 1. The molecule has 0 radical (unpaired) electrons. The number of primary sulfonamides is 1. The average Bonchev–Trinajstić information content (AvgIpc) is 2.60. The maximum atomic E-state index is 12.4. The van der Waals surface area contributed by atoms with E-state index >= 15 is 0 Å². The summed E-state index contributed by atoms with van der Waals surface area (Å²) in [7, 11) is -3.82. The minimum Gasteiger partial charge on any atom is -0.365 e. The second-order valence-corrected chi connectivity index (χ2v) is 7.75. The number of amides is 1. The van der Waals surface area contributed by atoms with E-state index in [-0.39, 0.29) is 22.2 Å². The molecule has 0 saturated heterocycles. The summed E-state index contributed by atoms with van der Waals surface area (Å²) in [6, 6.07) is 12.8. The van der Waals surface area contributed by atoms with Crippen LogP contribution >= 0.6 is 0 Å². The maximum absolute atomic E-state index is 12.4. The third-order valence-corrected chi connectivity index (χ3v) is 4.82. The zero-order chi connectivity index (χ0) is 21.2. The van der Waals surface area contributed by atoms with Crippen molar-refractivity contribution >= 4 is 39.1 Å². The Morgan fingerprint density at radius 2 is 1.76 bits per heavy atom. The van der Waals surface area contributed by atoms with Gasteiger partial charge in [-0.25, -0.2) is 13.6 Å². The molecule has 0 unspecified atom stereocenters. The number of rotatable bonds is 6. The smallest absolute Gasteiger partial charge is 0.267 e. The van der Waals surface area contributed by atoms with Gasteiger partial charge in [-0.2, -0.15) is 4.98 Å². The lowest BCUT2D eigenvalue weighted by Gasteiger charge is -2.12. The van der Waals surface area contributed by atoms with Gasteiger partial charge >= 0.3 is 0 Å². The van der Waals surface area contributed by atoms with Gasteiger partial charge < -0.3 is 16.4 Å². The number of H-pyrrole nitrogens is 1. The van der Waals surface area contributed by atoms with Crippen LogP contribution in [0.15, 0.2) is 58.2 Å². The van der Waals surface area contributed by atoms with Gasteiger partial charge in [0.2, 0.25) is 16.0 Å². The Hall–Kier alpha value is -3.70. The predicted octanol–water partition coefficient (Wildman–Crippen LogP) is 1.31. The van der Waals surface area contributed by atoms with Crippen LogP contribution in [-0.2, 0) is 10.0 Å². The molecular weight excluding hydrogens is 396 g/mol. The molecule has 2 aromatic carbocycles. The number of nitrogens with zero attached hydrogens (tertiary/aromatic N) is 1. The third-order valence-electron chi connectivity index (χ3n) is 3.89. The van der Waals surface area contributed by atoms with Crippen LogP contribution in [0.25, 0.3) is 0 Å². The quantitative estimate of drug-likeness (QED) is 0.404. The minimum atomic E-state index is -3.82. The van der Waals surface area contributed by atoms with Crippen LogP contribution in [0.5, 0.6) is 0 Å². The Bertz CT molecular complexity index is 1240. The molecule has 0 spiro atoms. The number of hydrogen-bond acceptors (Lipinski definition) is 7. The summed E-state index contributed by atoms with van der Waals surface area (Å²) in [5.41, 5.74) is 6.31. The molecule has 1 aromatic heterocycles. The molecule has 0 fully saturated rings. The number of aryl methyl sites for hydroxylation is 1. The first-order valence-corrected chi connectivity index (χ1v) is 9.86. The highest BCUT2D eigenvalue weighted by Gasteiger charge is 2.17. The van der Waals surface area contributed by atoms with Crippen molar-refractivity contribution < 1.29 is 13.2 Å². The summed E-state index contributed by atoms with van der Waals surface area (Å²) >= 11 is 0. The van der Waals surface area contributed by atoms with Crippen molar-refractivity contribution in [3.8, 4) is 0 Å². The van der Waals surface area contributed by atoms with Crippen LogP contribution in [0.1, 0.15) is 15.9 Å². The monoisotopic (exact) mass is 414 g/mol. The zero-order valence-corrected chi connectivity index (χ0v) is 16.1. The fourth-order valence-electron chi connectivity index (χ4n) is 2.58. The molecule has 7 N–H and O–H groups in total. The summed E-state index contributed by atoms with van der Waals surface area (Å²) in [6.07, 6.45) is 0. The molecule has 3 rings (SSSR count). The van der Waals surface area contributed by atoms with Crippen molar-refractivity contribution in [3.05, 3.63) is 70.0 Å². The van der Waals surface area contributed by atoms with Gasteiger partial charge in [0.05, 0.1) is 4.90 Å². The van der Waals surface area contributed by atoms with Crippen molar-refractivity contribution in [1.29, 1.82) is 0 Å². The molecule has 3 aromatic rings. The van der Waals surface area contributed by atoms with Gasteiger partial charge in [0, 0.05) is 11.4 Å². The van der Waals surface area contributed by atoms with Crippen molar-refractivity contribution in [3.63, 3.8) is 0 Å². The number of aromatic nitrogens is 2. The molecular formula is C18H18N6O4S. The molecule has 1 heterocycles. The second kappa shape index (κ2) is 7.73. The lowest BCUT2D eigenvalue weighted by atomic mass is 10.2. The maximum Gasteiger partial charge on any atom is 0.267 e. The number of benzene rings is 2. The van der Waals surface area contributed by atoms with Crippen LogP contribution in [0.2, 0.25) is 0 Å². The van der Waals surface area contributed by atoms with Gasteiger partial charge in [0.15, 0.2) is 5.82 Å². The Balaban J connectivity index is 1.97. The molecule has 0 saturated carbocycles. The van der Waals surface area contributed by atoms with E-state index in [4.69, 9.17) is 10.9 Å². The fourth-order valence-corrected chi connectivity index (χ4v) is 3.09. The van der Waals surface area contributed by atoms with Crippen molar-refractivity contribution in [2.75, 3.05) is 10.6 Å². The van der Waals surface area contributed by atoms with Crippen molar-refractivity contribution in [2.24, 2.45) is 10.9 Å². The normalized spacial score (nSPS) is 11.1. The summed E-state index contributed by atoms with van der Waals surface area (Å²) in [5.74, 6) is -0.924. The van der Waals surface area contributed by atoms with E-state index in [0.717, 1.165) is 5.56 Å². The predicted molar refractivity (Wildman–Crippen MR) is 109 cm³/mol. The zero-order valence-electron chi connectivity index (χ0n) is 15.3. The molecule has 0 atom stereocenters. The van der Waals surface area contributed by atoms with Gasteiger partial charge in [-0.1, -0.05) is 12.1 Å². The number of hydrogen-bond donors (Lipinski definition) is 5. The lowest BCUT2D eigenvalue weighted by molar-refractivity contribution is 0.0999. The van der Waals surface area contributed by atoms with Crippen molar-refractivity contribution in [1.82, 2.24) is 9.97 Å². The Kier molecular flexibility index (Phi) is 5.35. The number of nitrogens with one attached hydrogen (secondary N) is 3. The first kappa shape index (κ1) is 20.0. The van der Waals surface area contributed by atoms with E-state index in [2.05, 4.69) is 20.6 Å². The molecule has 11 heteroatoms. The molecule has 0 aliphatic heterocycles. The van der Waals surface area contributed by atoms with Gasteiger partial charge in [0.25, 0.3) is 11.5 Å². The van der Waals surface area contributed by atoms with E-state index in [1.165, 1.54) is 24.3 Å². The Morgan fingerprint density at radius 1 is 1.07 bits per heavy atom. The number of carbonyl (C=O) groups excluding carboxylic acids is 1. The number of anilines is 4. The van der Waals surface area contributed by atoms with E-state index < -0.39 is 21.5 Å². The summed E-state index contributed by atoms with van der Waals surface area (Å²) in [6.45, 7) is 1.89. The van der Waals surface area contributed by atoms with Crippen molar-refractivity contribution in [2.45, 2.75) is 11.8 Å². The highest BCUT2D eigenvalue weighted by molar-refractivity contribution is 7.89. The van der Waals surface area contributed by atoms with Crippen LogP contribution in [0.4, 0.5) is 23.1 Å². The summed E-state index contributed by atoms with van der Waals surface area (Å²) in [4.78, 5) is 30.7. The Labute approximate surface area is 166 Å². The fraction of sp³-hybridized carbons (Fsp3) is 0.0556. The standard InChI is InChI=1S/C18H18N6O4S/c1-10-3-2-4-12(9-10)21-16-14(15(19)25)17(26)24-18(23-16)22-11-5-7-13(8-6-11)29(20,27)28/h2-9H,1H3,(H2,19,25)(H2,20,27,28)(H3,21,22,23,24,26). The molecule has 29 heavy (non-hydrogen) atoms. The SMILES string of the molecule is Cc1cccc(Nc2nc(Nc3ccc(S(N)(=O)=O)cc3)[nH]c(=O)c2C(N)=O)c1. The minimum absolute atomic E-state index is 0.0180. The number of sulfonamides is 1. The summed E-state index contributed by atoms with van der Waals surface area (Å²) < 4.78 is 22.7. The number of nitrogens with two attached hydrogens (primary N) is 2. The van der Waals surface area contributed by atoms with Crippen LogP contribution < -0.4 is 27.1 Å². The van der Waals surface area contributed by atoms with E-state index in [1.54, 1.807) is 12.1 Å². The Morgan fingerprint density at radius 3 is 2.34 bits per heavy atom. The van der Waals surface area contributed by atoms with E-state index in [1.807, 2.05) is 19.1 Å². The first-order chi connectivity index (χ1) is 13.6. The second-order valence-electron chi connectivity index (χ2n) is 6.19. The molecule has 0 bridgehead atoms. The third kappa shape index (κ3) is 4.78. The highest BCUT2D eigenvalue weighted by atomic mass is 32.2. The molecule has 0 aliphatic rings. The van der Waals surface area contributed by atoms with Gasteiger partial charge in [-0.3, -0.25) is 14.6 Å². The van der Waals surface area contributed by atoms with Gasteiger partial charge in [-0.15, -0.1) is 0 Å². The van der Waals surface area contributed by atoms with Gasteiger partial charge in [0.1, 0.15) is 5.56 Å². The lowest BCUT2D eigenvalue weighted by Crippen LogP contribution is -2.27. The van der Waals surface area contributed by atoms with E-state index in [0.29, 0.717) is 11.4 Å². The first-order valence-electron chi connectivity index (χ1n) is 8.31. The van der Waals surface area contributed by atoms with Gasteiger partial charge in [-0.05, 0) is 48.9 Å². The van der Waals surface area contributed by atoms with E-state index in [9.17, 15) is 18.0 Å². The molecule has 150 valence electrons. The molecule has 0 aliphatic carbocycles. The largest absolute Gasteiger partial charge is 0.365 e. The number of aromatic amines is 1. The topological polar surface area (TPSA) is 173 Å². The van der Waals surface area contributed by atoms with Crippen LogP contribution in [0, 0.1) is 6.92 Å². The highest BCUT2D eigenvalue weighted by Crippen LogP contribution is 2.21. The van der Waals surface area contributed by atoms with Crippen LogP contribution in [0.3, 0.4) is 0 Å². The molecule has 1 amide bonds. The summed E-state index contributed by atoms with van der Waals surface area (Å²) in [5, 5.41) is 10.8. The average molecular weight is 414 g/mol. The number of carbonyl (C=O) groups is 1. The van der Waals surface area contributed by atoms with Crippen LogP contribution in [-0.4, -0.2) is 24.3 Å².